The fraction of sp³-hybridized carbons (Fsp3) is 0.344. The van der Waals surface area contributed by atoms with Gasteiger partial charge in [0, 0.05) is 6.54 Å². The number of allylic oxidation sites excluding steroid dienone is 1. The number of hydrogen-bond donors (Lipinski definition) is 2. The third-order valence-electron chi connectivity index (χ3n) is 6.44. The van der Waals surface area contributed by atoms with E-state index >= 15 is 0 Å². The molecule has 0 saturated heterocycles. The van der Waals surface area contributed by atoms with Gasteiger partial charge in [0.25, 0.3) is 0 Å². The van der Waals surface area contributed by atoms with Gasteiger partial charge in [0.15, 0.2) is 0 Å². The van der Waals surface area contributed by atoms with Gasteiger partial charge in [-0.05, 0) is 84.3 Å². The summed E-state index contributed by atoms with van der Waals surface area (Å²) < 4.78 is 11.4. The van der Waals surface area contributed by atoms with Crippen molar-refractivity contribution in [2.75, 3.05) is 19.7 Å². The third-order valence-corrected chi connectivity index (χ3v) is 6.44. The number of carbonyl (C=O) groups excluding carboxylic acids is 1. The minimum absolute atomic E-state index is 0.0642. The summed E-state index contributed by atoms with van der Waals surface area (Å²) in [4.78, 5) is 12.1. The lowest BCUT2D eigenvalue weighted by Crippen LogP contribution is -2.31. The Morgan fingerprint density at radius 3 is 2.08 bits per heavy atom. The molecule has 1 aliphatic rings. The molecule has 194 valence electrons. The first-order valence-electron chi connectivity index (χ1n) is 13.3. The van der Waals surface area contributed by atoms with Gasteiger partial charge in [-0.2, -0.15) is 0 Å². The molecule has 1 aliphatic carbocycles. The van der Waals surface area contributed by atoms with Gasteiger partial charge >= 0.3 is 5.97 Å². The minimum atomic E-state index is -0.556. The zero-order valence-corrected chi connectivity index (χ0v) is 21.8. The second-order valence-electron chi connectivity index (χ2n) is 9.49. The van der Waals surface area contributed by atoms with Crippen molar-refractivity contribution in [3.8, 4) is 11.5 Å². The highest BCUT2D eigenvalue weighted by molar-refractivity contribution is 5.98. The number of ether oxygens (including phenoxy) is 2. The van der Waals surface area contributed by atoms with Crippen LogP contribution in [0.3, 0.4) is 0 Å². The van der Waals surface area contributed by atoms with Crippen molar-refractivity contribution >= 4 is 17.1 Å². The van der Waals surface area contributed by atoms with Crippen molar-refractivity contribution < 1.29 is 19.4 Å². The van der Waals surface area contributed by atoms with Crippen LogP contribution in [0.1, 0.15) is 56.2 Å². The first-order chi connectivity index (χ1) is 18.1. The van der Waals surface area contributed by atoms with Crippen LogP contribution >= 0.6 is 0 Å². The molecule has 37 heavy (non-hydrogen) atoms. The van der Waals surface area contributed by atoms with Crippen molar-refractivity contribution in [1.29, 1.82) is 0 Å². The van der Waals surface area contributed by atoms with Crippen LogP contribution in [0.5, 0.6) is 11.5 Å². The minimum Gasteiger partial charge on any atom is -0.491 e. The van der Waals surface area contributed by atoms with Crippen LogP contribution in [0, 0.1) is 5.92 Å². The van der Waals surface area contributed by atoms with E-state index in [0.29, 0.717) is 12.3 Å². The molecule has 1 atom stereocenters. The summed E-state index contributed by atoms with van der Waals surface area (Å²) in [6.07, 6.45) is 3.18. The molecule has 2 N–H and O–H groups in total. The summed E-state index contributed by atoms with van der Waals surface area (Å²) in [6, 6.07) is 26.2. The van der Waals surface area contributed by atoms with E-state index in [-0.39, 0.29) is 18.5 Å². The van der Waals surface area contributed by atoms with Crippen molar-refractivity contribution in [1.82, 2.24) is 5.32 Å². The smallest absolute Gasteiger partial charge is 0.314 e. The van der Waals surface area contributed by atoms with E-state index in [0.717, 1.165) is 54.7 Å². The maximum Gasteiger partial charge on any atom is 0.314 e. The lowest BCUT2D eigenvalue weighted by Gasteiger charge is -2.18. The highest BCUT2D eigenvalue weighted by Crippen LogP contribution is 2.36. The predicted octanol–water partition coefficient (Wildman–Crippen LogP) is 6.11. The summed E-state index contributed by atoms with van der Waals surface area (Å²) in [5.74, 6) is 1.23. The topological polar surface area (TPSA) is 67.8 Å². The Morgan fingerprint density at radius 1 is 0.892 bits per heavy atom. The second-order valence-corrected chi connectivity index (χ2v) is 9.49. The first kappa shape index (κ1) is 26.6. The lowest BCUT2D eigenvalue weighted by atomic mass is 9.88. The van der Waals surface area contributed by atoms with Gasteiger partial charge in [0.2, 0.25) is 0 Å². The second kappa shape index (κ2) is 13.2. The number of hydrogen-bond acceptors (Lipinski definition) is 5. The van der Waals surface area contributed by atoms with Crippen LogP contribution in [0.15, 0.2) is 78.9 Å². The van der Waals surface area contributed by atoms with Gasteiger partial charge < -0.3 is 19.9 Å². The average Bonchev–Trinajstić information content (AvgIpc) is 3.78. The number of carbonyl (C=O) groups is 1. The zero-order chi connectivity index (χ0) is 26.0. The molecule has 3 aromatic rings. The normalized spacial score (nSPS) is 14.6. The molecule has 4 rings (SSSR count). The molecular weight excluding hydrogens is 462 g/mol. The van der Waals surface area contributed by atoms with E-state index in [9.17, 15) is 9.90 Å². The van der Waals surface area contributed by atoms with Crippen LogP contribution in [0.4, 0.5) is 0 Å². The van der Waals surface area contributed by atoms with Gasteiger partial charge in [-0.3, -0.25) is 4.79 Å². The molecule has 0 bridgehead atoms. The maximum atomic E-state index is 12.1. The summed E-state index contributed by atoms with van der Waals surface area (Å²) in [7, 11) is 0. The van der Waals surface area contributed by atoms with Crippen LogP contribution in [-0.4, -0.2) is 36.9 Å². The molecular formula is C32H37NO4. The Bertz CT molecular complexity index is 1170. The number of esters is 1. The van der Waals surface area contributed by atoms with E-state index in [1.807, 2.05) is 42.5 Å². The SMILES string of the molecule is CCCNCC(O)COc1ccc(/C(=C(/CC)c2ccccc2)c2ccc(OC(=O)C3CC3)cc2)cc1. The Labute approximate surface area is 220 Å². The maximum absolute atomic E-state index is 12.1. The Morgan fingerprint density at radius 2 is 1.51 bits per heavy atom. The van der Waals surface area contributed by atoms with Crippen molar-refractivity contribution in [2.45, 2.75) is 45.6 Å². The molecule has 0 spiro atoms. The molecule has 5 heteroatoms. The third kappa shape index (κ3) is 7.54. The fourth-order valence-corrected chi connectivity index (χ4v) is 4.30. The van der Waals surface area contributed by atoms with Crippen molar-refractivity contribution in [2.24, 2.45) is 5.92 Å². The van der Waals surface area contributed by atoms with Gasteiger partial charge in [-0.15, -0.1) is 0 Å². The molecule has 1 unspecified atom stereocenters. The number of rotatable bonds is 13. The van der Waals surface area contributed by atoms with E-state index in [1.54, 1.807) is 0 Å². The number of aliphatic hydroxyl groups is 1. The molecule has 0 radical (unpaired) electrons. The average molecular weight is 500 g/mol. The van der Waals surface area contributed by atoms with Crippen LogP contribution in [0.2, 0.25) is 0 Å². The van der Waals surface area contributed by atoms with E-state index < -0.39 is 6.10 Å². The molecule has 1 saturated carbocycles. The van der Waals surface area contributed by atoms with Gasteiger partial charge in [0.05, 0.1) is 5.92 Å². The monoisotopic (exact) mass is 499 g/mol. The molecule has 5 nitrogen and oxygen atoms in total. The van der Waals surface area contributed by atoms with E-state index in [1.165, 1.54) is 11.1 Å². The molecule has 0 aromatic heterocycles. The van der Waals surface area contributed by atoms with Gasteiger partial charge in [-0.25, -0.2) is 0 Å². The first-order valence-corrected chi connectivity index (χ1v) is 13.3. The Hall–Kier alpha value is -3.41. The van der Waals surface area contributed by atoms with E-state index in [4.69, 9.17) is 9.47 Å². The number of benzene rings is 3. The summed E-state index contributed by atoms with van der Waals surface area (Å²) in [6.45, 7) is 5.90. The Balaban J connectivity index is 1.58. The van der Waals surface area contributed by atoms with Gasteiger partial charge in [0.1, 0.15) is 24.2 Å². The van der Waals surface area contributed by atoms with Crippen molar-refractivity contribution in [3.05, 3.63) is 95.6 Å². The highest BCUT2D eigenvalue weighted by Gasteiger charge is 2.31. The highest BCUT2D eigenvalue weighted by atomic mass is 16.5. The number of nitrogens with one attached hydrogen (secondary N) is 1. The summed E-state index contributed by atoms with van der Waals surface area (Å²) >= 11 is 0. The summed E-state index contributed by atoms with van der Waals surface area (Å²) in [5, 5.41) is 13.4. The fourth-order valence-electron chi connectivity index (χ4n) is 4.30. The van der Waals surface area contributed by atoms with Crippen LogP contribution < -0.4 is 14.8 Å². The predicted molar refractivity (Wildman–Crippen MR) is 149 cm³/mol. The number of aliphatic hydroxyl groups excluding tert-OH is 1. The van der Waals surface area contributed by atoms with Crippen LogP contribution in [0.25, 0.3) is 11.1 Å². The Kier molecular flexibility index (Phi) is 9.52. The van der Waals surface area contributed by atoms with Crippen LogP contribution in [-0.2, 0) is 4.79 Å². The molecule has 0 amide bonds. The molecule has 0 heterocycles. The van der Waals surface area contributed by atoms with E-state index in [2.05, 4.69) is 55.6 Å². The molecule has 3 aromatic carbocycles. The lowest BCUT2D eigenvalue weighted by molar-refractivity contribution is -0.135. The standard InChI is InChI=1S/C32H37NO4/c1-3-20-33-21-27(34)22-36-28-16-12-24(13-17-28)31(30(4-2)23-8-6-5-7-9-23)25-14-18-29(19-15-25)37-32(35)26-10-11-26/h5-9,12-19,26-27,33-34H,3-4,10-11,20-22H2,1-2H3/b31-30+. The van der Waals surface area contributed by atoms with Crippen molar-refractivity contribution in [3.63, 3.8) is 0 Å². The van der Waals surface area contributed by atoms with Gasteiger partial charge in [-0.1, -0.05) is 68.4 Å². The summed E-state index contributed by atoms with van der Waals surface area (Å²) in [5.41, 5.74) is 5.66. The molecule has 1 fully saturated rings. The quantitative estimate of drug-likeness (QED) is 0.129. The zero-order valence-electron chi connectivity index (χ0n) is 21.8. The molecule has 0 aliphatic heterocycles. The largest absolute Gasteiger partial charge is 0.491 e.